The molecule has 2 heterocycles. The van der Waals surface area contributed by atoms with Crippen molar-refractivity contribution < 1.29 is 4.79 Å². The lowest BCUT2D eigenvalue weighted by Crippen LogP contribution is -2.50. The predicted molar refractivity (Wildman–Crippen MR) is 103 cm³/mol. The smallest absolute Gasteiger partial charge is 0.234 e. The lowest BCUT2D eigenvalue weighted by molar-refractivity contribution is -0.123. The highest BCUT2D eigenvalue weighted by Crippen LogP contribution is 2.17. The molecule has 6 heteroatoms. The SMILES string of the molecule is Cc1ccc(C(C)NC(=O)CN2CCN(c3ncccn3)CC2)cc1C. The van der Waals surface area contributed by atoms with Gasteiger partial charge in [0.1, 0.15) is 0 Å². The molecular formula is C20H27N5O. The van der Waals surface area contributed by atoms with E-state index in [0.29, 0.717) is 6.54 Å². The first-order valence-corrected chi connectivity index (χ1v) is 9.14. The molecule has 3 rings (SSSR count). The number of nitrogens with one attached hydrogen (secondary N) is 1. The fourth-order valence-electron chi connectivity index (χ4n) is 3.17. The van der Waals surface area contributed by atoms with E-state index in [2.05, 4.69) is 57.1 Å². The van der Waals surface area contributed by atoms with Crippen molar-refractivity contribution in [2.75, 3.05) is 37.6 Å². The van der Waals surface area contributed by atoms with Crippen LogP contribution in [0.2, 0.25) is 0 Å². The number of benzene rings is 1. The van der Waals surface area contributed by atoms with Gasteiger partial charge in [-0.2, -0.15) is 0 Å². The van der Waals surface area contributed by atoms with Crippen LogP contribution in [-0.2, 0) is 4.79 Å². The van der Waals surface area contributed by atoms with E-state index >= 15 is 0 Å². The number of nitrogens with zero attached hydrogens (tertiary/aromatic N) is 4. The van der Waals surface area contributed by atoms with Crippen LogP contribution in [0, 0.1) is 13.8 Å². The Morgan fingerprint density at radius 1 is 1.12 bits per heavy atom. The van der Waals surface area contributed by atoms with E-state index in [4.69, 9.17) is 0 Å². The quantitative estimate of drug-likeness (QED) is 0.892. The number of carbonyl (C=O) groups excluding carboxylic acids is 1. The Morgan fingerprint density at radius 2 is 1.81 bits per heavy atom. The van der Waals surface area contributed by atoms with Crippen molar-refractivity contribution in [2.45, 2.75) is 26.8 Å². The number of hydrogen-bond acceptors (Lipinski definition) is 5. The minimum atomic E-state index is 0.0146. The van der Waals surface area contributed by atoms with E-state index in [9.17, 15) is 4.79 Å². The molecule has 1 saturated heterocycles. The summed E-state index contributed by atoms with van der Waals surface area (Å²) in [6.07, 6.45) is 3.52. The summed E-state index contributed by atoms with van der Waals surface area (Å²) in [7, 11) is 0. The second-order valence-electron chi connectivity index (χ2n) is 6.94. The fraction of sp³-hybridized carbons (Fsp3) is 0.450. The van der Waals surface area contributed by atoms with Gasteiger partial charge in [0.15, 0.2) is 0 Å². The maximum absolute atomic E-state index is 12.4. The lowest BCUT2D eigenvalue weighted by atomic mass is 10.0. The number of carbonyl (C=O) groups is 1. The summed E-state index contributed by atoms with van der Waals surface area (Å²) in [5.41, 5.74) is 3.67. The van der Waals surface area contributed by atoms with Gasteiger partial charge in [-0.15, -0.1) is 0 Å². The van der Waals surface area contributed by atoms with Crippen LogP contribution in [-0.4, -0.2) is 53.5 Å². The van der Waals surface area contributed by atoms with E-state index in [1.807, 2.05) is 13.0 Å². The Bertz CT molecular complexity index is 741. The van der Waals surface area contributed by atoms with Crippen molar-refractivity contribution in [3.63, 3.8) is 0 Å². The first-order chi connectivity index (χ1) is 12.5. The zero-order chi connectivity index (χ0) is 18.5. The molecule has 1 aromatic carbocycles. The molecule has 0 radical (unpaired) electrons. The van der Waals surface area contributed by atoms with Crippen LogP contribution >= 0.6 is 0 Å². The molecule has 1 unspecified atom stereocenters. The van der Waals surface area contributed by atoms with Gasteiger partial charge in [0, 0.05) is 38.6 Å². The number of aromatic nitrogens is 2. The van der Waals surface area contributed by atoms with Crippen LogP contribution < -0.4 is 10.2 Å². The molecule has 138 valence electrons. The van der Waals surface area contributed by atoms with Gasteiger partial charge in [-0.25, -0.2) is 9.97 Å². The van der Waals surface area contributed by atoms with Gasteiger partial charge >= 0.3 is 0 Å². The number of piperazine rings is 1. The van der Waals surface area contributed by atoms with E-state index < -0.39 is 0 Å². The van der Waals surface area contributed by atoms with Gasteiger partial charge in [0.2, 0.25) is 11.9 Å². The van der Waals surface area contributed by atoms with Crippen molar-refractivity contribution >= 4 is 11.9 Å². The number of aryl methyl sites for hydroxylation is 2. The summed E-state index contributed by atoms with van der Waals surface area (Å²) in [5, 5.41) is 3.11. The van der Waals surface area contributed by atoms with Crippen molar-refractivity contribution in [1.29, 1.82) is 0 Å². The van der Waals surface area contributed by atoms with E-state index in [1.54, 1.807) is 12.4 Å². The summed E-state index contributed by atoms with van der Waals surface area (Å²) in [4.78, 5) is 25.3. The number of anilines is 1. The highest BCUT2D eigenvalue weighted by Gasteiger charge is 2.21. The number of hydrogen-bond donors (Lipinski definition) is 1. The lowest BCUT2D eigenvalue weighted by Gasteiger charge is -2.34. The molecule has 2 aromatic rings. The normalized spacial score (nSPS) is 16.3. The third-order valence-electron chi connectivity index (χ3n) is 4.98. The minimum Gasteiger partial charge on any atom is -0.348 e. The van der Waals surface area contributed by atoms with Gasteiger partial charge in [-0.1, -0.05) is 18.2 Å². The van der Waals surface area contributed by atoms with E-state index in [0.717, 1.165) is 37.7 Å². The Balaban J connectivity index is 1.47. The molecule has 1 amide bonds. The molecule has 1 N–H and O–H groups in total. The van der Waals surface area contributed by atoms with Gasteiger partial charge in [-0.05, 0) is 43.5 Å². The topological polar surface area (TPSA) is 61.4 Å². The van der Waals surface area contributed by atoms with Crippen molar-refractivity contribution in [3.05, 3.63) is 53.3 Å². The minimum absolute atomic E-state index is 0.0146. The summed E-state index contributed by atoms with van der Waals surface area (Å²) >= 11 is 0. The Morgan fingerprint density at radius 3 is 2.46 bits per heavy atom. The van der Waals surface area contributed by atoms with Crippen LogP contribution in [0.4, 0.5) is 5.95 Å². The molecule has 6 nitrogen and oxygen atoms in total. The van der Waals surface area contributed by atoms with Gasteiger partial charge in [0.05, 0.1) is 12.6 Å². The Kier molecular flexibility index (Phi) is 5.83. The van der Waals surface area contributed by atoms with E-state index in [-0.39, 0.29) is 11.9 Å². The summed E-state index contributed by atoms with van der Waals surface area (Å²) in [6, 6.07) is 8.19. The number of amides is 1. The molecule has 1 atom stereocenters. The Hall–Kier alpha value is -2.47. The average molecular weight is 353 g/mol. The molecule has 1 aromatic heterocycles. The number of rotatable bonds is 5. The molecule has 1 fully saturated rings. The molecule has 26 heavy (non-hydrogen) atoms. The van der Waals surface area contributed by atoms with E-state index in [1.165, 1.54) is 11.1 Å². The molecule has 1 aliphatic heterocycles. The second kappa shape index (κ2) is 8.27. The molecular weight excluding hydrogens is 326 g/mol. The first kappa shape index (κ1) is 18.3. The zero-order valence-corrected chi connectivity index (χ0v) is 15.8. The Labute approximate surface area is 155 Å². The molecule has 0 aliphatic carbocycles. The summed E-state index contributed by atoms with van der Waals surface area (Å²) in [5.74, 6) is 0.833. The molecule has 0 bridgehead atoms. The third kappa shape index (κ3) is 4.58. The maximum atomic E-state index is 12.4. The van der Waals surface area contributed by atoms with Gasteiger partial charge in [-0.3, -0.25) is 9.69 Å². The highest BCUT2D eigenvalue weighted by atomic mass is 16.2. The molecule has 0 spiro atoms. The molecule has 0 saturated carbocycles. The average Bonchev–Trinajstić information content (AvgIpc) is 2.65. The highest BCUT2D eigenvalue weighted by molar-refractivity contribution is 5.78. The van der Waals surface area contributed by atoms with Crippen LogP contribution in [0.1, 0.15) is 29.7 Å². The van der Waals surface area contributed by atoms with Crippen LogP contribution in [0.5, 0.6) is 0 Å². The first-order valence-electron chi connectivity index (χ1n) is 9.14. The largest absolute Gasteiger partial charge is 0.348 e. The van der Waals surface area contributed by atoms with Crippen LogP contribution in [0.15, 0.2) is 36.7 Å². The zero-order valence-electron chi connectivity index (χ0n) is 15.8. The van der Waals surface area contributed by atoms with Gasteiger partial charge < -0.3 is 10.2 Å². The maximum Gasteiger partial charge on any atom is 0.234 e. The third-order valence-corrected chi connectivity index (χ3v) is 4.98. The second-order valence-corrected chi connectivity index (χ2v) is 6.94. The van der Waals surface area contributed by atoms with Crippen molar-refractivity contribution in [2.24, 2.45) is 0 Å². The fourth-order valence-corrected chi connectivity index (χ4v) is 3.17. The monoisotopic (exact) mass is 353 g/mol. The van der Waals surface area contributed by atoms with Crippen LogP contribution in [0.3, 0.4) is 0 Å². The molecule has 1 aliphatic rings. The predicted octanol–water partition coefficient (Wildman–Crippen LogP) is 2.09. The summed E-state index contributed by atoms with van der Waals surface area (Å²) < 4.78 is 0. The standard InChI is InChI=1S/C20H27N5O/c1-15-5-6-18(13-16(15)2)17(3)23-19(26)14-24-9-11-25(12-10-24)20-21-7-4-8-22-20/h4-8,13,17H,9-12,14H2,1-3H3,(H,23,26). The summed E-state index contributed by atoms with van der Waals surface area (Å²) in [6.45, 7) is 10.0. The van der Waals surface area contributed by atoms with Crippen molar-refractivity contribution in [1.82, 2.24) is 20.2 Å². The van der Waals surface area contributed by atoms with Gasteiger partial charge in [0.25, 0.3) is 0 Å². The van der Waals surface area contributed by atoms with Crippen molar-refractivity contribution in [3.8, 4) is 0 Å². The van der Waals surface area contributed by atoms with Crippen LogP contribution in [0.25, 0.3) is 0 Å².